The van der Waals surface area contributed by atoms with E-state index in [2.05, 4.69) is 10.0 Å². The van der Waals surface area contributed by atoms with Crippen molar-refractivity contribution in [2.45, 2.75) is 11.8 Å². The average Bonchev–Trinajstić information content (AvgIpc) is 2.55. The lowest BCUT2D eigenvalue weighted by Gasteiger charge is -2.14. The third-order valence-electron chi connectivity index (χ3n) is 3.09. The second-order valence-corrected chi connectivity index (χ2v) is 6.50. The van der Waals surface area contributed by atoms with Gasteiger partial charge in [-0.3, -0.25) is 10.0 Å². The number of carbonyl (C=O) groups is 1. The summed E-state index contributed by atoms with van der Waals surface area (Å²) in [4.78, 5) is 11.4. The highest BCUT2D eigenvalue weighted by Crippen LogP contribution is 2.30. The monoisotopic (exact) mass is 368 g/mol. The Labute approximate surface area is 144 Å². The van der Waals surface area contributed by atoms with Crippen LogP contribution in [0.2, 0.25) is 0 Å². The topological polar surface area (TPSA) is 93.7 Å². The van der Waals surface area contributed by atoms with Gasteiger partial charge in [-0.2, -0.15) is 0 Å². The largest absolute Gasteiger partial charge is 0.495 e. The van der Waals surface area contributed by atoms with Crippen LogP contribution in [0.3, 0.4) is 0 Å². The minimum absolute atomic E-state index is 0.111. The van der Waals surface area contributed by atoms with Gasteiger partial charge < -0.3 is 9.47 Å². The molecule has 0 spiro atoms. The molecule has 0 fully saturated rings. The van der Waals surface area contributed by atoms with Crippen LogP contribution in [-0.4, -0.2) is 28.2 Å². The molecule has 2 aromatic rings. The van der Waals surface area contributed by atoms with Crippen molar-refractivity contribution in [2.24, 2.45) is 0 Å². The Bertz CT molecular complexity index is 853. The summed E-state index contributed by atoms with van der Waals surface area (Å²) in [6, 6.07) is 8.79. The molecule has 2 aromatic carbocycles. The highest BCUT2D eigenvalue weighted by Gasteiger charge is 2.17. The number of rotatable bonds is 6. The summed E-state index contributed by atoms with van der Waals surface area (Å²) < 4.78 is 50.0. The number of sulfonamides is 1. The molecule has 0 saturated carbocycles. The van der Waals surface area contributed by atoms with Crippen molar-refractivity contribution in [3.8, 4) is 5.75 Å². The third kappa shape index (κ3) is 4.83. The molecule has 0 radical (unpaired) electrons. The molecule has 0 atom stereocenters. The molecule has 9 heteroatoms. The Kier molecular flexibility index (Phi) is 5.81. The summed E-state index contributed by atoms with van der Waals surface area (Å²) in [5.41, 5.74) is 0.428. The molecule has 0 bridgehead atoms. The average molecular weight is 368 g/mol. The first-order valence-corrected chi connectivity index (χ1v) is 8.74. The Balaban J connectivity index is 2.30. The third-order valence-corrected chi connectivity index (χ3v) is 4.47. The smallest absolute Gasteiger partial charge is 0.411 e. The maximum atomic E-state index is 13.0. The molecule has 2 N–H and O–H groups in total. The van der Waals surface area contributed by atoms with Crippen molar-refractivity contribution in [3.05, 3.63) is 48.3 Å². The number of carbonyl (C=O) groups excluding carboxylic acids is 1. The summed E-state index contributed by atoms with van der Waals surface area (Å²) in [7, 11) is -2.58. The standard InChI is InChI=1S/C16H17FN2O5S/c1-3-24-16(20)18-12-6-9-15(23-2)14(10-12)19-25(21,22)13-7-4-11(17)5-8-13/h4-10,19H,3H2,1-2H3,(H,18,20). The Morgan fingerprint density at radius 1 is 1.16 bits per heavy atom. The van der Waals surface area contributed by atoms with E-state index in [-0.39, 0.29) is 22.9 Å². The van der Waals surface area contributed by atoms with E-state index in [4.69, 9.17) is 9.47 Å². The summed E-state index contributed by atoms with van der Waals surface area (Å²) in [6.45, 7) is 1.86. The molecule has 1 amide bonds. The second kappa shape index (κ2) is 7.84. The van der Waals surface area contributed by atoms with E-state index in [0.29, 0.717) is 5.69 Å². The van der Waals surface area contributed by atoms with E-state index in [1.165, 1.54) is 25.3 Å². The normalized spacial score (nSPS) is 10.8. The number of methoxy groups -OCH3 is 1. The molecule has 0 aliphatic heterocycles. The number of nitrogens with one attached hydrogen (secondary N) is 2. The van der Waals surface area contributed by atoms with E-state index in [1.54, 1.807) is 6.92 Å². The molecular formula is C16H17FN2O5S. The molecule has 0 aliphatic rings. The number of ether oxygens (including phenoxy) is 2. The molecule has 0 heterocycles. The molecule has 2 rings (SSSR count). The number of hydrogen-bond donors (Lipinski definition) is 2. The molecule has 25 heavy (non-hydrogen) atoms. The quantitative estimate of drug-likeness (QED) is 0.817. The van der Waals surface area contributed by atoms with Crippen LogP contribution in [0, 0.1) is 5.82 Å². The predicted molar refractivity (Wildman–Crippen MR) is 90.8 cm³/mol. The molecule has 0 saturated heterocycles. The van der Waals surface area contributed by atoms with E-state index in [1.807, 2.05) is 0 Å². The molecule has 0 unspecified atom stereocenters. The molecular weight excluding hydrogens is 351 g/mol. The summed E-state index contributed by atoms with van der Waals surface area (Å²) in [5, 5.41) is 2.47. The van der Waals surface area contributed by atoms with Crippen molar-refractivity contribution in [3.63, 3.8) is 0 Å². The maximum absolute atomic E-state index is 13.0. The van der Waals surface area contributed by atoms with E-state index in [9.17, 15) is 17.6 Å². The molecule has 0 aliphatic carbocycles. The summed E-state index contributed by atoms with van der Waals surface area (Å²) >= 11 is 0. The lowest BCUT2D eigenvalue weighted by atomic mass is 10.2. The van der Waals surface area contributed by atoms with Gasteiger partial charge >= 0.3 is 6.09 Å². The summed E-state index contributed by atoms with van der Waals surface area (Å²) in [6.07, 6.45) is -0.667. The predicted octanol–water partition coefficient (Wildman–Crippen LogP) is 3.20. The van der Waals surface area contributed by atoms with E-state index >= 15 is 0 Å². The molecule has 0 aromatic heterocycles. The van der Waals surface area contributed by atoms with E-state index in [0.717, 1.165) is 24.3 Å². The number of halogens is 1. The van der Waals surface area contributed by atoms with Crippen LogP contribution in [0.25, 0.3) is 0 Å². The number of hydrogen-bond acceptors (Lipinski definition) is 5. The Morgan fingerprint density at radius 2 is 1.84 bits per heavy atom. The molecule has 134 valence electrons. The van der Waals surface area contributed by atoms with Gasteiger partial charge in [0.2, 0.25) is 0 Å². The van der Waals surface area contributed by atoms with E-state index < -0.39 is 21.9 Å². The first-order chi connectivity index (χ1) is 11.9. The van der Waals surface area contributed by atoms with Gasteiger partial charge in [-0.25, -0.2) is 17.6 Å². The van der Waals surface area contributed by atoms with Gasteiger partial charge in [-0.05, 0) is 49.4 Å². The minimum Gasteiger partial charge on any atom is -0.495 e. The van der Waals surface area contributed by atoms with Gasteiger partial charge in [-0.15, -0.1) is 0 Å². The first kappa shape index (κ1) is 18.5. The zero-order valence-electron chi connectivity index (χ0n) is 13.6. The lowest BCUT2D eigenvalue weighted by molar-refractivity contribution is 0.168. The Hall–Kier alpha value is -2.81. The van der Waals surface area contributed by atoms with Crippen LogP contribution in [-0.2, 0) is 14.8 Å². The van der Waals surface area contributed by atoms with Gasteiger partial charge in [0, 0.05) is 5.69 Å². The van der Waals surface area contributed by atoms with Gasteiger partial charge in [0.25, 0.3) is 10.0 Å². The maximum Gasteiger partial charge on any atom is 0.411 e. The highest BCUT2D eigenvalue weighted by atomic mass is 32.2. The van der Waals surface area contributed by atoms with Crippen LogP contribution < -0.4 is 14.8 Å². The molecule has 7 nitrogen and oxygen atoms in total. The SMILES string of the molecule is CCOC(=O)Nc1ccc(OC)c(NS(=O)(=O)c2ccc(F)cc2)c1. The van der Waals surface area contributed by atoms with Crippen LogP contribution >= 0.6 is 0 Å². The van der Waals surface area contributed by atoms with Crippen molar-refractivity contribution in [1.82, 2.24) is 0 Å². The van der Waals surface area contributed by atoms with Crippen LogP contribution in [0.15, 0.2) is 47.4 Å². The van der Waals surface area contributed by atoms with Gasteiger partial charge in [-0.1, -0.05) is 0 Å². The van der Waals surface area contributed by atoms with Gasteiger partial charge in [0.1, 0.15) is 11.6 Å². The first-order valence-electron chi connectivity index (χ1n) is 7.26. The van der Waals surface area contributed by atoms with Crippen molar-refractivity contribution < 1.29 is 27.1 Å². The van der Waals surface area contributed by atoms with Gasteiger partial charge in [0.05, 0.1) is 24.3 Å². The number of benzene rings is 2. The van der Waals surface area contributed by atoms with Crippen molar-refractivity contribution >= 4 is 27.5 Å². The fourth-order valence-electron chi connectivity index (χ4n) is 1.97. The van der Waals surface area contributed by atoms with Crippen molar-refractivity contribution in [2.75, 3.05) is 23.8 Å². The fraction of sp³-hybridized carbons (Fsp3) is 0.188. The number of anilines is 2. The van der Waals surface area contributed by atoms with Crippen LogP contribution in [0.4, 0.5) is 20.6 Å². The van der Waals surface area contributed by atoms with Crippen LogP contribution in [0.5, 0.6) is 5.75 Å². The second-order valence-electron chi connectivity index (χ2n) is 4.82. The Morgan fingerprint density at radius 3 is 2.44 bits per heavy atom. The minimum atomic E-state index is -3.96. The lowest BCUT2D eigenvalue weighted by Crippen LogP contribution is -2.15. The van der Waals surface area contributed by atoms with Gasteiger partial charge in [0.15, 0.2) is 0 Å². The zero-order valence-corrected chi connectivity index (χ0v) is 14.4. The number of amides is 1. The summed E-state index contributed by atoms with van der Waals surface area (Å²) in [5.74, 6) is -0.294. The highest BCUT2D eigenvalue weighted by molar-refractivity contribution is 7.92. The fourth-order valence-corrected chi connectivity index (χ4v) is 3.03. The zero-order chi connectivity index (χ0) is 18.4. The van der Waals surface area contributed by atoms with Crippen molar-refractivity contribution in [1.29, 1.82) is 0 Å². The van der Waals surface area contributed by atoms with Crippen LogP contribution in [0.1, 0.15) is 6.92 Å².